The number of hydrogen-bond acceptors (Lipinski definition) is 2. The molecule has 1 N–H and O–H groups in total. The lowest BCUT2D eigenvalue weighted by Crippen LogP contribution is -2.04. The van der Waals surface area contributed by atoms with E-state index < -0.39 is 0 Å². The van der Waals surface area contributed by atoms with Gasteiger partial charge in [-0.15, -0.1) is 0 Å². The van der Waals surface area contributed by atoms with Crippen molar-refractivity contribution in [2.24, 2.45) is 0 Å². The summed E-state index contributed by atoms with van der Waals surface area (Å²) in [7, 11) is 1.68. The number of phenolic OH excluding ortho intramolecular Hbond substituents is 1. The molecule has 0 heterocycles. The number of methoxy groups -OCH3 is 1. The van der Waals surface area contributed by atoms with E-state index in [4.69, 9.17) is 4.74 Å². The summed E-state index contributed by atoms with van der Waals surface area (Å²) in [6.45, 7) is 0. The summed E-state index contributed by atoms with van der Waals surface area (Å²) < 4.78 is 5.41. The zero-order chi connectivity index (χ0) is 13.2. The van der Waals surface area contributed by atoms with Gasteiger partial charge in [0.2, 0.25) is 0 Å². The van der Waals surface area contributed by atoms with E-state index in [1.807, 2.05) is 12.1 Å². The SMILES string of the molecule is COc1ccc(O)c2ccc(C3CCCCC3)cc12. The van der Waals surface area contributed by atoms with Crippen molar-refractivity contribution in [3.05, 3.63) is 35.9 Å². The van der Waals surface area contributed by atoms with E-state index in [2.05, 4.69) is 12.1 Å². The molecule has 2 aromatic carbocycles. The molecule has 0 unspecified atom stereocenters. The highest BCUT2D eigenvalue weighted by Crippen LogP contribution is 2.38. The molecular formula is C17H20O2. The fourth-order valence-electron chi connectivity index (χ4n) is 3.19. The van der Waals surface area contributed by atoms with Crippen molar-refractivity contribution in [1.82, 2.24) is 0 Å². The maximum absolute atomic E-state index is 9.94. The Kier molecular flexibility index (Phi) is 3.33. The summed E-state index contributed by atoms with van der Waals surface area (Å²) >= 11 is 0. The van der Waals surface area contributed by atoms with Gasteiger partial charge in [-0.05, 0) is 42.5 Å². The molecule has 1 saturated carbocycles. The van der Waals surface area contributed by atoms with Crippen LogP contribution in [-0.2, 0) is 0 Å². The second-order valence-electron chi connectivity index (χ2n) is 5.43. The highest BCUT2D eigenvalue weighted by atomic mass is 16.5. The molecule has 2 aromatic rings. The molecule has 0 aliphatic heterocycles. The molecule has 2 heteroatoms. The molecule has 0 aromatic heterocycles. The molecule has 3 rings (SSSR count). The topological polar surface area (TPSA) is 29.5 Å². The van der Waals surface area contributed by atoms with Crippen molar-refractivity contribution < 1.29 is 9.84 Å². The van der Waals surface area contributed by atoms with Gasteiger partial charge < -0.3 is 9.84 Å². The van der Waals surface area contributed by atoms with Crippen LogP contribution in [0.3, 0.4) is 0 Å². The Hall–Kier alpha value is -1.70. The third kappa shape index (κ3) is 2.27. The maximum atomic E-state index is 9.94. The molecule has 19 heavy (non-hydrogen) atoms. The Morgan fingerprint density at radius 1 is 1.00 bits per heavy atom. The number of fused-ring (bicyclic) bond motifs is 1. The quantitative estimate of drug-likeness (QED) is 0.850. The number of aromatic hydroxyl groups is 1. The van der Waals surface area contributed by atoms with Crippen molar-refractivity contribution in [3.63, 3.8) is 0 Å². The second kappa shape index (κ2) is 5.12. The van der Waals surface area contributed by atoms with Crippen LogP contribution >= 0.6 is 0 Å². The summed E-state index contributed by atoms with van der Waals surface area (Å²) in [5, 5.41) is 11.8. The molecule has 0 atom stereocenters. The summed E-state index contributed by atoms with van der Waals surface area (Å²) in [6.07, 6.45) is 6.60. The predicted molar refractivity (Wildman–Crippen MR) is 78.0 cm³/mol. The molecule has 1 aliphatic rings. The molecule has 0 bridgehead atoms. The van der Waals surface area contributed by atoms with Gasteiger partial charge in [0, 0.05) is 10.8 Å². The minimum Gasteiger partial charge on any atom is -0.507 e. The van der Waals surface area contributed by atoms with Gasteiger partial charge >= 0.3 is 0 Å². The Labute approximate surface area is 114 Å². The summed E-state index contributed by atoms with van der Waals surface area (Å²) in [6, 6.07) is 9.92. The predicted octanol–water partition coefficient (Wildman–Crippen LogP) is 4.60. The molecule has 2 nitrogen and oxygen atoms in total. The fourth-order valence-corrected chi connectivity index (χ4v) is 3.19. The highest BCUT2D eigenvalue weighted by molar-refractivity contribution is 5.93. The van der Waals surface area contributed by atoms with Crippen LogP contribution in [0.15, 0.2) is 30.3 Å². The molecular weight excluding hydrogens is 236 g/mol. The number of ether oxygens (including phenoxy) is 1. The Bertz CT molecular complexity index is 583. The largest absolute Gasteiger partial charge is 0.507 e. The van der Waals surface area contributed by atoms with Crippen LogP contribution < -0.4 is 4.74 Å². The number of phenols is 1. The first-order valence-corrected chi connectivity index (χ1v) is 7.09. The van der Waals surface area contributed by atoms with Crippen LogP contribution in [0.4, 0.5) is 0 Å². The zero-order valence-corrected chi connectivity index (χ0v) is 11.4. The third-order valence-electron chi connectivity index (χ3n) is 4.27. The van der Waals surface area contributed by atoms with E-state index in [0.29, 0.717) is 11.7 Å². The number of hydrogen-bond donors (Lipinski definition) is 1. The average Bonchev–Trinajstić information content (AvgIpc) is 2.48. The minimum absolute atomic E-state index is 0.325. The first kappa shape index (κ1) is 12.3. The first-order chi connectivity index (χ1) is 9.29. The van der Waals surface area contributed by atoms with Crippen molar-refractivity contribution >= 4 is 10.8 Å². The van der Waals surface area contributed by atoms with Crippen LogP contribution in [0.25, 0.3) is 10.8 Å². The molecule has 0 spiro atoms. The van der Waals surface area contributed by atoms with Gasteiger partial charge in [0.25, 0.3) is 0 Å². The van der Waals surface area contributed by atoms with Crippen molar-refractivity contribution in [2.75, 3.05) is 7.11 Å². The molecule has 0 amide bonds. The Morgan fingerprint density at radius 2 is 1.79 bits per heavy atom. The summed E-state index contributed by atoms with van der Waals surface area (Å²) in [4.78, 5) is 0. The van der Waals surface area contributed by atoms with Gasteiger partial charge in [-0.2, -0.15) is 0 Å². The van der Waals surface area contributed by atoms with Gasteiger partial charge in [0.05, 0.1) is 7.11 Å². The van der Waals surface area contributed by atoms with E-state index in [9.17, 15) is 5.11 Å². The molecule has 1 fully saturated rings. The molecule has 1 aliphatic carbocycles. The number of rotatable bonds is 2. The van der Waals surface area contributed by atoms with Crippen LogP contribution in [0.5, 0.6) is 11.5 Å². The van der Waals surface area contributed by atoms with Crippen LogP contribution in [-0.4, -0.2) is 12.2 Å². The van der Waals surface area contributed by atoms with Gasteiger partial charge in [-0.25, -0.2) is 0 Å². The zero-order valence-electron chi connectivity index (χ0n) is 11.4. The monoisotopic (exact) mass is 256 g/mol. The van der Waals surface area contributed by atoms with Gasteiger partial charge in [-0.1, -0.05) is 31.4 Å². The third-order valence-corrected chi connectivity index (χ3v) is 4.27. The van der Waals surface area contributed by atoms with E-state index in [-0.39, 0.29) is 0 Å². The molecule has 100 valence electrons. The second-order valence-corrected chi connectivity index (χ2v) is 5.43. The van der Waals surface area contributed by atoms with Gasteiger partial charge in [-0.3, -0.25) is 0 Å². The van der Waals surface area contributed by atoms with E-state index >= 15 is 0 Å². The minimum atomic E-state index is 0.325. The summed E-state index contributed by atoms with van der Waals surface area (Å²) in [5.41, 5.74) is 1.39. The van der Waals surface area contributed by atoms with Crippen molar-refractivity contribution in [1.29, 1.82) is 0 Å². The van der Waals surface area contributed by atoms with Crippen LogP contribution in [0.2, 0.25) is 0 Å². The normalized spacial score (nSPS) is 16.7. The maximum Gasteiger partial charge on any atom is 0.126 e. The lowest BCUT2D eigenvalue weighted by Gasteiger charge is -2.22. The Morgan fingerprint density at radius 3 is 2.53 bits per heavy atom. The molecule has 0 radical (unpaired) electrons. The molecule has 0 saturated heterocycles. The lowest BCUT2D eigenvalue weighted by atomic mass is 9.83. The standard InChI is InChI=1S/C17H20O2/c1-19-17-10-9-16(18)14-8-7-13(11-15(14)17)12-5-3-2-4-6-12/h7-12,18H,2-6H2,1H3. The smallest absolute Gasteiger partial charge is 0.126 e. The van der Waals surface area contributed by atoms with E-state index in [1.54, 1.807) is 13.2 Å². The first-order valence-electron chi connectivity index (χ1n) is 7.09. The highest BCUT2D eigenvalue weighted by Gasteiger charge is 2.16. The van der Waals surface area contributed by atoms with Crippen molar-refractivity contribution in [2.45, 2.75) is 38.0 Å². The lowest BCUT2D eigenvalue weighted by molar-refractivity contribution is 0.418. The van der Waals surface area contributed by atoms with Crippen LogP contribution in [0.1, 0.15) is 43.6 Å². The Balaban J connectivity index is 2.08. The fraction of sp³-hybridized carbons (Fsp3) is 0.412. The van der Waals surface area contributed by atoms with Crippen molar-refractivity contribution in [3.8, 4) is 11.5 Å². The summed E-state index contributed by atoms with van der Waals surface area (Å²) in [5.74, 6) is 1.83. The van der Waals surface area contributed by atoms with Crippen LogP contribution in [0, 0.1) is 0 Å². The number of benzene rings is 2. The van der Waals surface area contributed by atoms with E-state index in [1.165, 1.54) is 37.7 Å². The van der Waals surface area contributed by atoms with Gasteiger partial charge in [0.15, 0.2) is 0 Å². The van der Waals surface area contributed by atoms with Gasteiger partial charge in [0.1, 0.15) is 11.5 Å². The van der Waals surface area contributed by atoms with E-state index in [0.717, 1.165) is 16.5 Å². The average molecular weight is 256 g/mol.